The third kappa shape index (κ3) is 15.3. The smallest absolute Gasteiger partial charge is 0.364 e. The lowest BCUT2D eigenvalue weighted by Gasteiger charge is -2.50. The van der Waals surface area contributed by atoms with E-state index in [4.69, 9.17) is 61.6 Å². The summed E-state index contributed by atoms with van der Waals surface area (Å²) in [5, 5.41) is 222. The summed E-state index contributed by atoms with van der Waals surface area (Å²) in [6, 6.07) is -3.73. The van der Waals surface area contributed by atoms with E-state index in [0.717, 1.165) is 13.8 Å². The predicted octanol–water partition coefficient (Wildman–Crippen LogP) is -13.7. The number of hydrogen-bond donors (Lipinski definition) is 22. The molecule has 2 amide bonds. The molecule has 0 aromatic carbocycles. The summed E-state index contributed by atoms with van der Waals surface area (Å²) in [6.45, 7) is 1.29. The van der Waals surface area contributed by atoms with Gasteiger partial charge in [-0.05, 0) is 20.8 Å². The highest BCUT2D eigenvalue weighted by Crippen LogP contribution is 2.40. The number of carboxylic acid groups (broad SMARTS) is 1. The summed E-state index contributed by atoms with van der Waals surface area (Å²) in [5.41, 5.74) is 0. The summed E-state index contributed by atoms with van der Waals surface area (Å²) in [7, 11) is 0. The molecule has 1 unspecified atom stereocenters. The van der Waals surface area contributed by atoms with Crippen molar-refractivity contribution in [1.82, 2.24) is 10.6 Å². The Morgan fingerprint density at radius 2 is 0.977 bits per heavy atom. The molecule has 38 heteroatoms. The number of hydrogen-bond acceptors (Lipinski definition) is 35. The van der Waals surface area contributed by atoms with Gasteiger partial charge in [0, 0.05) is 20.3 Å². The van der Waals surface area contributed by atoms with Gasteiger partial charge < -0.3 is 174 Å². The van der Waals surface area contributed by atoms with Gasteiger partial charge in [0.2, 0.25) is 11.8 Å². The Hall–Kier alpha value is -2.87. The van der Waals surface area contributed by atoms with Crippen molar-refractivity contribution in [3.05, 3.63) is 0 Å². The Kier molecular flexibility index (Phi) is 24.5. The lowest BCUT2D eigenvalue weighted by atomic mass is 9.90. The molecule has 7 aliphatic heterocycles. The number of aliphatic hydroxyl groups is 19. The lowest BCUT2D eigenvalue weighted by Crippen LogP contribution is -2.71. The molecule has 0 radical (unpaired) electrons. The minimum Gasteiger partial charge on any atom is -0.477 e. The Bertz CT molecular complexity index is 2240. The fourth-order valence-electron chi connectivity index (χ4n) is 11.2. The first-order chi connectivity index (χ1) is 40.8. The average molecular weight is 1280 g/mol. The van der Waals surface area contributed by atoms with Crippen LogP contribution in [0.5, 0.6) is 0 Å². The van der Waals surface area contributed by atoms with E-state index in [1.807, 2.05) is 0 Å². The van der Waals surface area contributed by atoms with Crippen LogP contribution in [0.15, 0.2) is 0 Å². The van der Waals surface area contributed by atoms with Crippen molar-refractivity contribution in [3.63, 3.8) is 0 Å². The zero-order valence-electron chi connectivity index (χ0n) is 47.2. The Balaban J connectivity index is 1.13. The van der Waals surface area contributed by atoms with Crippen LogP contribution in [-0.4, -0.2) is 367 Å². The number of carboxylic acids is 1. The minimum absolute atomic E-state index is 0.895. The number of carbonyl (C=O) groups is 3. The Morgan fingerprint density at radius 3 is 1.51 bits per heavy atom. The Morgan fingerprint density at radius 1 is 0.483 bits per heavy atom. The van der Waals surface area contributed by atoms with Gasteiger partial charge in [-0.3, -0.25) is 9.59 Å². The molecule has 22 N–H and O–H groups in total. The maximum atomic E-state index is 13.5. The van der Waals surface area contributed by atoms with Crippen molar-refractivity contribution in [2.24, 2.45) is 0 Å². The molecule has 0 saturated carbocycles. The molecule has 7 aliphatic rings. The van der Waals surface area contributed by atoms with Crippen LogP contribution in [0.3, 0.4) is 0 Å². The second kappa shape index (κ2) is 29.8. The highest BCUT2D eigenvalue weighted by molar-refractivity contribution is 5.76. The van der Waals surface area contributed by atoms with Crippen LogP contribution < -0.4 is 10.6 Å². The van der Waals surface area contributed by atoms with Gasteiger partial charge in [0.05, 0.1) is 50.8 Å². The van der Waals surface area contributed by atoms with Gasteiger partial charge in [-0.25, -0.2) is 4.79 Å². The molecule has 7 saturated heterocycles. The molecule has 36 atom stereocenters. The SMILES string of the molecule is CC(=O)N[C@H]1[C@H](O[C@H]2[C@@H](O)[C@@H](CO[C@]3(C(=O)O)C[C@H](O[C@@H]4O[C@@H](C)[C@@H](O)[C@@H](O[C@@H]5O[C@@H](C)[C@@H](O)[C@@H](O)[C@@H]5O)[C@@H]4O)[C@@H](O)[C@H]([C@H](O)[C@H](O)CO)O3)OC(O)[C@@H]2NC(C)=O)O[C@H](CO)[C@@H](O[C@@H]2O[C@H](CO)[C@H](O)[C@H](O)[C@H]2O[C@@H]2O[C@@H](C)[C@@H](O)[C@@H](O)[C@@H]2O)[C@@H]1O. The zero-order valence-corrected chi connectivity index (χ0v) is 47.2. The fraction of sp³-hybridized carbons (Fsp3) is 0.939. The summed E-state index contributed by atoms with van der Waals surface area (Å²) in [4.78, 5) is 38.9. The number of carbonyl (C=O) groups excluding carboxylic acids is 2. The first kappa shape index (κ1) is 71.6. The van der Waals surface area contributed by atoms with Crippen LogP contribution in [0.25, 0.3) is 0 Å². The van der Waals surface area contributed by atoms with Gasteiger partial charge in [0.1, 0.15) is 152 Å². The van der Waals surface area contributed by atoms with Crippen LogP contribution in [-0.2, 0) is 76.0 Å². The van der Waals surface area contributed by atoms with Crippen LogP contribution in [0.2, 0.25) is 0 Å². The quantitative estimate of drug-likeness (QED) is 0.0507. The van der Waals surface area contributed by atoms with Gasteiger partial charge >= 0.3 is 5.97 Å². The van der Waals surface area contributed by atoms with Crippen LogP contribution >= 0.6 is 0 Å². The van der Waals surface area contributed by atoms with E-state index < -0.39 is 271 Å². The van der Waals surface area contributed by atoms with Crippen molar-refractivity contribution >= 4 is 17.8 Å². The number of rotatable bonds is 21. The molecule has 0 aromatic rings. The first-order valence-electron chi connectivity index (χ1n) is 27.8. The molecular weight excluding hydrogens is 1190 g/mol. The third-order valence-corrected chi connectivity index (χ3v) is 16.2. The molecule has 7 fully saturated rings. The van der Waals surface area contributed by atoms with E-state index in [2.05, 4.69) is 10.6 Å². The lowest BCUT2D eigenvalue weighted by molar-refractivity contribution is -0.387. The van der Waals surface area contributed by atoms with Crippen LogP contribution in [0, 0.1) is 0 Å². The molecule has 7 rings (SSSR count). The van der Waals surface area contributed by atoms with Crippen LogP contribution in [0.1, 0.15) is 41.0 Å². The number of aliphatic carboxylic acids is 1. The number of amides is 2. The molecule has 7 heterocycles. The molecule has 87 heavy (non-hydrogen) atoms. The highest BCUT2D eigenvalue weighted by Gasteiger charge is 2.61. The molecule has 0 aliphatic carbocycles. The van der Waals surface area contributed by atoms with E-state index in [-0.39, 0.29) is 0 Å². The molecule has 0 spiro atoms. The molecule has 504 valence electrons. The summed E-state index contributed by atoms with van der Waals surface area (Å²) >= 11 is 0. The monoisotopic (exact) mass is 1270 g/mol. The van der Waals surface area contributed by atoms with Crippen molar-refractivity contribution in [1.29, 1.82) is 0 Å². The van der Waals surface area contributed by atoms with E-state index in [1.54, 1.807) is 0 Å². The number of aliphatic hydroxyl groups excluding tert-OH is 19. The van der Waals surface area contributed by atoms with Gasteiger partial charge in [-0.2, -0.15) is 0 Å². The van der Waals surface area contributed by atoms with Gasteiger partial charge in [0.15, 0.2) is 37.7 Å². The van der Waals surface area contributed by atoms with Crippen molar-refractivity contribution in [2.75, 3.05) is 26.4 Å². The molecule has 0 aromatic heterocycles. The zero-order chi connectivity index (χ0) is 64.6. The largest absolute Gasteiger partial charge is 0.477 e. The van der Waals surface area contributed by atoms with Gasteiger partial charge in [-0.15, -0.1) is 0 Å². The van der Waals surface area contributed by atoms with Gasteiger partial charge in [-0.1, -0.05) is 0 Å². The molecule has 0 bridgehead atoms. The van der Waals surface area contributed by atoms with E-state index in [0.29, 0.717) is 0 Å². The third-order valence-electron chi connectivity index (χ3n) is 16.2. The van der Waals surface area contributed by atoms with Crippen molar-refractivity contribution < 1.29 is 178 Å². The maximum Gasteiger partial charge on any atom is 0.364 e. The minimum atomic E-state index is -3.21. The Labute approximate surface area is 493 Å². The first-order valence-corrected chi connectivity index (χ1v) is 27.8. The van der Waals surface area contributed by atoms with Gasteiger partial charge in [0.25, 0.3) is 5.79 Å². The fourth-order valence-corrected chi connectivity index (χ4v) is 11.2. The van der Waals surface area contributed by atoms with E-state index in [9.17, 15) is 117 Å². The maximum absolute atomic E-state index is 13.5. The number of ether oxygens (including phenoxy) is 13. The molecule has 38 nitrogen and oxygen atoms in total. The normalized spacial score (nSPS) is 49.7. The number of nitrogens with one attached hydrogen (secondary N) is 2. The highest BCUT2D eigenvalue weighted by atomic mass is 16.8. The second-order valence-corrected chi connectivity index (χ2v) is 22.4. The molecular formula is C49H82N2O36. The van der Waals surface area contributed by atoms with Crippen molar-refractivity contribution in [3.8, 4) is 0 Å². The standard InChI is InChI=1S/C49H82N2O36/c1-11-23(58)31(66)34(69)44(76-11)85-39-25(60)13(3)78-46(36(39)71)80-17-6-49(48(73)74,87-40(28(17)63)26(61)16(57)7-52)75-10-20-29(64)38(22(42(72)79-20)51-15(5)56)84-43-21(50-14(4)55)30(65)37(19(9-54)82-43)83-47-41(33(68)27(62)18(8-53)81-47)86-45-35(70)32(67)24(59)12(2)77-45/h11-13,16-47,52-54,57-72H,6-10H2,1-5H3,(H,50,55)(H,51,56)(H,73,74)/t11-,12-,13-,16+,17-,18+,19+,20+,21+,22+,23+,24+,25+,26+,27-,28+,29-,30+,31+,32+,33-,34-,35-,36-,37+,38+,39+,40-,41+,42?,43-,44-,45-,46-,47-,49+/m0/s1. The predicted molar refractivity (Wildman–Crippen MR) is 268 cm³/mol. The van der Waals surface area contributed by atoms with Crippen molar-refractivity contribution in [2.45, 2.75) is 261 Å². The average Bonchev–Trinajstić information content (AvgIpc) is 2.08. The topological polar surface area (TPSA) is 600 Å². The van der Waals surface area contributed by atoms with Crippen LogP contribution in [0.4, 0.5) is 0 Å². The summed E-state index contributed by atoms with van der Waals surface area (Å²) in [6.07, 6.45) is -64.4. The summed E-state index contributed by atoms with van der Waals surface area (Å²) < 4.78 is 74.8. The van der Waals surface area contributed by atoms with E-state index >= 15 is 0 Å². The van der Waals surface area contributed by atoms with E-state index in [1.165, 1.54) is 20.8 Å². The summed E-state index contributed by atoms with van der Waals surface area (Å²) in [5.74, 6) is -7.10. The second-order valence-electron chi connectivity index (χ2n) is 22.4.